The molecule has 0 spiro atoms. The first-order valence-electron chi connectivity index (χ1n) is 5.08. The molecular weight excluding hydrogens is 277 g/mol. The van der Waals surface area contributed by atoms with Crippen molar-refractivity contribution >= 4 is 28.8 Å². The van der Waals surface area contributed by atoms with Crippen molar-refractivity contribution in [2.24, 2.45) is 0 Å². The molecule has 94 valence electrons. The van der Waals surface area contributed by atoms with Gasteiger partial charge < -0.3 is 5.32 Å². The number of amides is 1. The van der Waals surface area contributed by atoms with Gasteiger partial charge in [0.05, 0.1) is 0 Å². The van der Waals surface area contributed by atoms with Crippen LogP contribution in [0.2, 0.25) is 4.47 Å². The van der Waals surface area contributed by atoms with Gasteiger partial charge in [0.1, 0.15) is 5.82 Å². The molecule has 1 N–H and O–H groups in total. The number of carbonyl (C=O) groups is 1. The van der Waals surface area contributed by atoms with E-state index in [2.05, 4.69) is 15.5 Å². The van der Waals surface area contributed by atoms with Crippen LogP contribution in [0.4, 0.5) is 4.39 Å². The van der Waals surface area contributed by atoms with Crippen molar-refractivity contribution in [3.8, 4) is 0 Å². The molecule has 0 radical (unpaired) electrons. The molecule has 0 saturated heterocycles. The monoisotopic (exact) mass is 285 g/mol. The maximum absolute atomic E-state index is 13.3. The number of rotatable bonds is 3. The van der Waals surface area contributed by atoms with E-state index in [1.807, 2.05) is 0 Å². The second-order valence-corrected chi connectivity index (χ2v) is 5.19. The maximum Gasteiger partial charge on any atom is 0.282 e. The van der Waals surface area contributed by atoms with Crippen LogP contribution in [0.5, 0.6) is 0 Å². The molecule has 0 aliphatic carbocycles. The molecule has 1 aromatic heterocycles. The van der Waals surface area contributed by atoms with Crippen molar-refractivity contribution < 1.29 is 9.18 Å². The summed E-state index contributed by atoms with van der Waals surface area (Å²) in [6, 6.07) is 4.81. The smallest absolute Gasteiger partial charge is 0.282 e. The Hall–Kier alpha value is -1.53. The fraction of sp³-hybridized carbons (Fsp3) is 0.182. The van der Waals surface area contributed by atoms with Crippen LogP contribution in [0, 0.1) is 12.7 Å². The minimum Gasteiger partial charge on any atom is -0.346 e. The summed E-state index contributed by atoms with van der Waals surface area (Å²) in [5.74, 6) is -0.666. The highest BCUT2D eigenvalue weighted by Gasteiger charge is 2.11. The fourth-order valence-corrected chi connectivity index (χ4v) is 2.05. The molecule has 2 rings (SSSR count). The lowest BCUT2D eigenvalue weighted by molar-refractivity contribution is 0.0949. The highest BCUT2D eigenvalue weighted by molar-refractivity contribution is 7.17. The minimum absolute atomic E-state index is 0.188. The number of hydrogen-bond acceptors (Lipinski definition) is 4. The number of aromatic nitrogens is 2. The molecule has 7 heteroatoms. The molecule has 1 heterocycles. The Kier molecular flexibility index (Phi) is 3.88. The average molecular weight is 286 g/mol. The first kappa shape index (κ1) is 12.9. The van der Waals surface area contributed by atoms with Gasteiger partial charge in [0.2, 0.25) is 9.47 Å². The minimum atomic E-state index is -0.375. The summed E-state index contributed by atoms with van der Waals surface area (Å²) in [5, 5.41) is 9.95. The van der Waals surface area contributed by atoms with Crippen molar-refractivity contribution in [1.82, 2.24) is 15.5 Å². The fourth-order valence-electron chi connectivity index (χ4n) is 1.30. The summed E-state index contributed by atoms with van der Waals surface area (Å²) in [6.07, 6.45) is 0. The lowest BCUT2D eigenvalue weighted by Crippen LogP contribution is -2.22. The van der Waals surface area contributed by atoms with Crippen LogP contribution in [-0.4, -0.2) is 16.1 Å². The van der Waals surface area contributed by atoms with E-state index in [9.17, 15) is 9.18 Å². The molecule has 0 aliphatic rings. The van der Waals surface area contributed by atoms with E-state index in [0.29, 0.717) is 11.1 Å². The number of hydrogen-bond donors (Lipinski definition) is 1. The lowest BCUT2D eigenvalue weighted by atomic mass is 10.1. The quantitative estimate of drug-likeness (QED) is 0.943. The van der Waals surface area contributed by atoms with Gasteiger partial charge in [-0.1, -0.05) is 23.5 Å². The van der Waals surface area contributed by atoms with Crippen LogP contribution in [0.1, 0.15) is 20.9 Å². The van der Waals surface area contributed by atoms with E-state index in [1.54, 1.807) is 19.1 Å². The Morgan fingerprint density at radius 3 is 2.89 bits per heavy atom. The van der Waals surface area contributed by atoms with Crippen LogP contribution >= 0.6 is 22.9 Å². The van der Waals surface area contributed by atoms with E-state index in [-0.39, 0.29) is 27.7 Å². The first-order chi connectivity index (χ1) is 8.56. The number of nitrogens with one attached hydrogen (secondary N) is 1. The molecule has 0 fully saturated rings. The van der Waals surface area contributed by atoms with Crippen LogP contribution in [0.3, 0.4) is 0 Å². The number of benzene rings is 1. The lowest BCUT2D eigenvalue weighted by Gasteiger charge is -2.04. The zero-order chi connectivity index (χ0) is 13.1. The second kappa shape index (κ2) is 5.41. The normalized spacial score (nSPS) is 10.4. The molecule has 0 saturated carbocycles. The molecule has 0 unspecified atom stereocenters. The van der Waals surface area contributed by atoms with Gasteiger partial charge in [-0.15, -0.1) is 10.2 Å². The zero-order valence-electron chi connectivity index (χ0n) is 9.41. The number of aryl methyl sites for hydroxylation is 1. The van der Waals surface area contributed by atoms with Gasteiger partial charge in [-0.3, -0.25) is 4.79 Å². The number of nitrogens with zero attached hydrogens (tertiary/aromatic N) is 2. The SMILES string of the molecule is Cc1ccc(CNC(=O)c2nnc(Cl)s2)cc1F. The Balaban J connectivity index is 1.99. The largest absolute Gasteiger partial charge is 0.346 e. The molecule has 0 bridgehead atoms. The van der Waals surface area contributed by atoms with Gasteiger partial charge in [0.15, 0.2) is 0 Å². The van der Waals surface area contributed by atoms with E-state index in [1.165, 1.54) is 6.07 Å². The van der Waals surface area contributed by atoms with Crippen molar-refractivity contribution in [3.05, 3.63) is 44.6 Å². The van der Waals surface area contributed by atoms with E-state index in [4.69, 9.17) is 11.6 Å². The summed E-state index contributed by atoms with van der Waals surface area (Å²) in [6.45, 7) is 1.91. The van der Waals surface area contributed by atoms with Crippen LogP contribution in [0.25, 0.3) is 0 Å². The summed E-state index contributed by atoms with van der Waals surface area (Å²) in [7, 11) is 0. The summed E-state index contributed by atoms with van der Waals surface area (Å²) in [5.41, 5.74) is 1.25. The Labute approximate surface area is 112 Å². The maximum atomic E-state index is 13.3. The summed E-state index contributed by atoms with van der Waals surface area (Å²) >= 11 is 6.57. The van der Waals surface area contributed by atoms with Crippen LogP contribution in [0.15, 0.2) is 18.2 Å². The van der Waals surface area contributed by atoms with E-state index in [0.717, 1.165) is 11.3 Å². The first-order valence-corrected chi connectivity index (χ1v) is 6.28. The van der Waals surface area contributed by atoms with Crippen molar-refractivity contribution in [3.63, 3.8) is 0 Å². The van der Waals surface area contributed by atoms with Gasteiger partial charge in [-0.05, 0) is 35.7 Å². The van der Waals surface area contributed by atoms with Gasteiger partial charge in [-0.2, -0.15) is 0 Å². The van der Waals surface area contributed by atoms with Gasteiger partial charge >= 0.3 is 0 Å². The van der Waals surface area contributed by atoms with Crippen LogP contribution < -0.4 is 5.32 Å². The molecule has 1 amide bonds. The van der Waals surface area contributed by atoms with Gasteiger partial charge in [0, 0.05) is 6.54 Å². The molecular formula is C11H9ClFN3OS. The Morgan fingerprint density at radius 2 is 2.28 bits per heavy atom. The standard InChI is InChI=1S/C11H9ClFN3OS/c1-6-2-3-7(4-8(6)13)5-14-9(17)10-15-16-11(12)18-10/h2-4H,5H2,1H3,(H,14,17). The highest BCUT2D eigenvalue weighted by Crippen LogP contribution is 2.15. The second-order valence-electron chi connectivity index (χ2n) is 3.63. The summed E-state index contributed by atoms with van der Waals surface area (Å²) in [4.78, 5) is 11.6. The molecule has 1 aromatic carbocycles. The number of carbonyl (C=O) groups excluding carboxylic acids is 1. The third kappa shape index (κ3) is 3.02. The zero-order valence-corrected chi connectivity index (χ0v) is 11.0. The summed E-state index contributed by atoms with van der Waals surface area (Å²) < 4.78 is 13.5. The molecule has 4 nitrogen and oxygen atoms in total. The molecule has 2 aromatic rings. The Bertz CT molecular complexity index is 587. The third-order valence-corrected chi connectivity index (χ3v) is 3.30. The van der Waals surface area contributed by atoms with Gasteiger partial charge in [-0.25, -0.2) is 4.39 Å². The van der Waals surface area contributed by atoms with E-state index >= 15 is 0 Å². The van der Waals surface area contributed by atoms with Crippen molar-refractivity contribution in [2.75, 3.05) is 0 Å². The predicted molar refractivity (Wildman–Crippen MR) is 67.2 cm³/mol. The Morgan fingerprint density at radius 1 is 1.50 bits per heavy atom. The van der Waals surface area contributed by atoms with Crippen molar-refractivity contribution in [2.45, 2.75) is 13.5 Å². The highest BCUT2D eigenvalue weighted by atomic mass is 35.5. The van der Waals surface area contributed by atoms with E-state index < -0.39 is 0 Å². The average Bonchev–Trinajstić information content (AvgIpc) is 2.77. The molecule has 0 aliphatic heterocycles. The van der Waals surface area contributed by atoms with Crippen LogP contribution in [-0.2, 0) is 6.54 Å². The molecule has 0 atom stereocenters. The topological polar surface area (TPSA) is 54.9 Å². The third-order valence-electron chi connectivity index (χ3n) is 2.28. The number of halogens is 2. The van der Waals surface area contributed by atoms with Crippen molar-refractivity contribution in [1.29, 1.82) is 0 Å². The predicted octanol–water partition coefficient (Wildman–Crippen LogP) is 2.57. The van der Waals surface area contributed by atoms with Gasteiger partial charge in [0.25, 0.3) is 5.91 Å². The molecule has 18 heavy (non-hydrogen) atoms.